The van der Waals surface area contributed by atoms with Crippen LogP contribution in [0.15, 0.2) is 24.8 Å². The molecule has 1 rings (SSSR count). The number of aromatic carboxylic acids is 1. The van der Waals surface area contributed by atoms with Crippen molar-refractivity contribution in [3.05, 3.63) is 41.5 Å². The third-order valence-electron chi connectivity index (χ3n) is 2.98. The van der Waals surface area contributed by atoms with Crippen LogP contribution in [0.1, 0.15) is 61.0 Å². The molecule has 19 heavy (non-hydrogen) atoms. The summed E-state index contributed by atoms with van der Waals surface area (Å²) in [6.45, 7) is 12.2. The molecular formula is C16H22O3. The van der Waals surface area contributed by atoms with Crippen LogP contribution < -0.4 is 4.74 Å². The Labute approximate surface area is 114 Å². The predicted molar refractivity (Wildman–Crippen MR) is 77.3 cm³/mol. The topological polar surface area (TPSA) is 46.5 Å². The van der Waals surface area contributed by atoms with Crippen molar-refractivity contribution in [2.75, 3.05) is 6.61 Å². The minimum Gasteiger partial charge on any atom is -0.489 e. The van der Waals surface area contributed by atoms with Gasteiger partial charge in [-0.25, -0.2) is 4.79 Å². The third kappa shape index (κ3) is 3.60. The fourth-order valence-electron chi connectivity index (χ4n) is 1.96. The standard InChI is InChI=1S/C16H22O3/c1-6-7-19-15-13(10(2)3)8-12(16(17)18)9-14(15)11(4)5/h6,8-11H,1,7H2,2-5H3,(H,17,18). The van der Waals surface area contributed by atoms with Gasteiger partial charge in [-0.05, 0) is 35.1 Å². The van der Waals surface area contributed by atoms with Gasteiger partial charge < -0.3 is 9.84 Å². The number of ether oxygens (including phenoxy) is 1. The molecular weight excluding hydrogens is 240 g/mol. The van der Waals surface area contributed by atoms with E-state index in [0.29, 0.717) is 12.2 Å². The zero-order valence-electron chi connectivity index (χ0n) is 12.1. The Balaban J connectivity index is 3.45. The molecule has 1 aromatic carbocycles. The van der Waals surface area contributed by atoms with Crippen molar-refractivity contribution < 1.29 is 14.6 Å². The van der Waals surface area contributed by atoms with Crippen LogP contribution in [0.3, 0.4) is 0 Å². The molecule has 0 aliphatic rings. The summed E-state index contributed by atoms with van der Waals surface area (Å²) in [6, 6.07) is 3.41. The maximum Gasteiger partial charge on any atom is 0.335 e. The molecule has 0 bridgehead atoms. The Kier molecular flexibility index (Phi) is 5.16. The molecule has 0 radical (unpaired) electrons. The first-order valence-corrected chi connectivity index (χ1v) is 6.53. The zero-order valence-corrected chi connectivity index (χ0v) is 12.1. The largest absolute Gasteiger partial charge is 0.489 e. The van der Waals surface area contributed by atoms with Gasteiger partial charge in [0.15, 0.2) is 0 Å². The molecule has 3 nitrogen and oxygen atoms in total. The Morgan fingerprint density at radius 2 is 1.74 bits per heavy atom. The van der Waals surface area contributed by atoms with Crippen molar-refractivity contribution in [1.82, 2.24) is 0 Å². The molecule has 1 aromatic rings. The summed E-state index contributed by atoms with van der Waals surface area (Å²) in [5.74, 6) is 0.308. The van der Waals surface area contributed by atoms with E-state index >= 15 is 0 Å². The molecule has 0 aliphatic heterocycles. The molecule has 0 saturated heterocycles. The Hall–Kier alpha value is -1.77. The van der Waals surface area contributed by atoms with E-state index in [2.05, 4.69) is 6.58 Å². The molecule has 0 spiro atoms. The lowest BCUT2D eigenvalue weighted by molar-refractivity contribution is 0.0696. The summed E-state index contributed by atoms with van der Waals surface area (Å²) in [5.41, 5.74) is 2.19. The summed E-state index contributed by atoms with van der Waals surface area (Å²) in [7, 11) is 0. The van der Waals surface area contributed by atoms with Gasteiger partial charge >= 0.3 is 5.97 Å². The number of carbonyl (C=O) groups is 1. The van der Waals surface area contributed by atoms with Crippen LogP contribution in [-0.2, 0) is 0 Å². The number of hydrogen-bond acceptors (Lipinski definition) is 2. The average molecular weight is 262 g/mol. The van der Waals surface area contributed by atoms with Crippen LogP contribution in [0.4, 0.5) is 0 Å². The van der Waals surface area contributed by atoms with E-state index in [-0.39, 0.29) is 11.8 Å². The van der Waals surface area contributed by atoms with Gasteiger partial charge in [0, 0.05) is 0 Å². The third-order valence-corrected chi connectivity index (χ3v) is 2.98. The van der Waals surface area contributed by atoms with Crippen LogP contribution >= 0.6 is 0 Å². The van der Waals surface area contributed by atoms with Gasteiger partial charge in [-0.2, -0.15) is 0 Å². The Bertz CT molecular complexity index is 444. The Morgan fingerprint density at radius 1 is 1.26 bits per heavy atom. The highest BCUT2D eigenvalue weighted by atomic mass is 16.5. The van der Waals surface area contributed by atoms with E-state index in [0.717, 1.165) is 16.9 Å². The molecule has 0 amide bonds. The minimum atomic E-state index is -0.904. The lowest BCUT2D eigenvalue weighted by Crippen LogP contribution is -2.08. The molecule has 3 heteroatoms. The van der Waals surface area contributed by atoms with E-state index in [9.17, 15) is 9.90 Å². The average Bonchev–Trinajstić information content (AvgIpc) is 2.34. The van der Waals surface area contributed by atoms with Crippen LogP contribution in [0.5, 0.6) is 5.75 Å². The van der Waals surface area contributed by atoms with Gasteiger partial charge in [0.2, 0.25) is 0 Å². The van der Waals surface area contributed by atoms with Gasteiger partial charge in [0.05, 0.1) is 5.56 Å². The summed E-state index contributed by atoms with van der Waals surface area (Å²) < 4.78 is 5.76. The maximum absolute atomic E-state index is 11.2. The molecule has 0 atom stereocenters. The van der Waals surface area contributed by atoms with Crippen molar-refractivity contribution in [3.8, 4) is 5.75 Å². The fraction of sp³-hybridized carbons (Fsp3) is 0.438. The zero-order chi connectivity index (χ0) is 14.6. The number of hydrogen-bond donors (Lipinski definition) is 1. The second kappa shape index (κ2) is 6.41. The van der Waals surface area contributed by atoms with Gasteiger partial charge in [0.1, 0.15) is 12.4 Å². The van der Waals surface area contributed by atoms with E-state index < -0.39 is 5.97 Å². The van der Waals surface area contributed by atoms with E-state index in [4.69, 9.17) is 4.74 Å². The van der Waals surface area contributed by atoms with E-state index in [1.165, 1.54) is 0 Å². The van der Waals surface area contributed by atoms with Crippen LogP contribution in [0.25, 0.3) is 0 Å². The van der Waals surface area contributed by atoms with Crippen LogP contribution in [0, 0.1) is 0 Å². The number of benzene rings is 1. The SMILES string of the molecule is C=CCOc1c(C(C)C)cc(C(=O)O)cc1C(C)C. The number of carboxylic acids is 1. The second-order valence-electron chi connectivity index (χ2n) is 5.20. The molecule has 1 N–H and O–H groups in total. The Morgan fingerprint density at radius 3 is 2.05 bits per heavy atom. The monoisotopic (exact) mass is 262 g/mol. The maximum atomic E-state index is 11.2. The van der Waals surface area contributed by atoms with Crippen molar-refractivity contribution in [1.29, 1.82) is 0 Å². The highest BCUT2D eigenvalue weighted by Crippen LogP contribution is 2.36. The van der Waals surface area contributed by atoms with Gasteiger partial charge in [0.25, 0.3) is 0 Å². The molecule has 104 valence electrons. The first-order valence-electron chi connectivity index (χ1n) is 6.53. The lowest BCUT2D eigenvalue weighted by Gasteiger charge is -2.20. The molecule has 0 aromatic heterocycles. The minimum absolute atomic E-state index is 0.205. The molecule has 0 saturated carbocycles. The highest BCUT2D eigenvalue weighted by molar-refractivity contribution is 5.88. The molecule has 0 unspecified atom stereocenters. The van der Waals surface area contributed by atoms with Crippen molar-refractivity contribution >= 4 is 5.97 Å². The summed E-state index contributed by atoms with van der Waals surface area (Å²) in [4.78, 5) is 11.2. The fourth-order valence-corrected chi connectivity index (χ4v) is 1.96. The number of carboxylic acid groups (broad SMARTS) is 1. The number of rotatable bonds is 6. The first kappa shape index (κ1) is 15.3. The summed E-state index contributed by atoms with van der Waals surface area (Å²) >= 11 is 0. The van der Waals surface area contributed by atoms with Gasteiger partial charge in [-0.3, -0.25) is 0 Å². The van der Waals surface area contributed by atoms with E-state index in [1.54, 1.807) is 18.2 Å². The van der Waals surface area contributed by atoms with Gasteiger partial charge in [-0.1, -0.05) is 40.3 Å². The van der Waals surface area contributed by atoms with Gasteiger partial charge in [-0.15, -0.1) is 0 Å². The normalized spacial score (nSPS) is 10.8. The molecule has 0 aliphatic carbocycles. The van der Waals surface area contributed by atoms with Crippen molar-refractivity contribution in [2.45, 2.75) is 39.5 Å². The van der Waals surface area contributed by atoms with E-state index in [1.807, 2.05) is 27.7 Å². The van der Waals surface area contributed by atoms with Crippen LogP contribution in [-0.4, -0.2) is 17.7 Å². The smallest absolute Gasteiger partial charge is 0.335 e. The quantitative estimate of drug-likeness (QED) is 0.782. The highest BCUT2D eigenvalue weighted by Gasteiger charge is 2.19. The molecule has 0 fully saturated rings. The summed E-state index contributed by atoms with van der Waals surface area (Å²) in [6.07, 6.45) is 1.69. The lowest BCUT2D eigenvalue weighted by atomic mass is 9.91. The summed E-state index contributed by atoms with van der Waals surface area (Å²) in [5, 5.41) is 9.21. The second-order valence-corrected chi connectivity index (χ2v) is 5.20. The van der Waals surface area contributed by atoms with Crippen molar-refractivity contribution in [2.24, 2.45) is 0 Å². The predicted octanol–water partition coefficient (Wildman–Crippen LogP) is 4.20. The first-order chi connectivity index (χ1) is 8.88. The molecule has 0 heterocycles. The van der Waals surface area contributed by atoms with Crippen LogP contribution in [0.2, 0.25) is 0 Å². The van der Waals surface area contributed by atoms with Crippen molar-refractivity contribution in [3.63, 3.8) is 0 Å².